The molecule has 0 fully saturated rings. The maximum atomic E-state index is 11.7. The number of carbonyl (C=O) groups is 1. The van der Waals surface area contributed by atoms with Gasteiger partial charge in [-0.1, -0.05) is 12.1 Å². The van der Waals surface area contributed by atoms with Gasteiger partial charge in [0.1, 0.15) is 5.01 Å². The van der Waals surface area contributed by atoms with Crippen molar-refractivity contribution < 1.29 is 9.90 Å². The predicted octanol–water partition coefficient (Wildman–Crippen LogP) is 3.47. The smallest absolute Gasteiger partial charge is 0.319 e. The number of anilines is 1. The molecule has 3 aromatic rings. The zero-order chi connectivity index (χ0) is 16.2. The molecule has 3 N–H and O–H groups in total. The fraction of sp³-hybridized carbons (Fsp3) is 0.176. The molecule has 0 aliphatic carbocycles. The van der Waals surface area contributed by atoms with Crippen molar-refractivity contribution in [1.29, 1.82) is 0 Å². The van der Waals surface area contributed by atoms with Crippen LogP contribution in [0.5, 0.6) is 0 Å². The molecule has 1 heterocycles. The van der Waals surface area contributed by atoms with E-state index in [1.54, 1.807) is 18.3 Å². The molecule has 0 bridgehead atoms. The minimum atomic E-state index is -0.334. The molecule has 3 rings (SSSR count). The number of aromatic nitrogens is 1. The van der Waals surface area contributed by atoms with Crippen molar-refractivity contribution in [3.8, 4) is 10.6 Å². The van der Waals surface area contributed by atoms with E-state index in [2.05, 4.69) is 21.7 Å². The number of aliphatic hydroxyl groups is 1. The van der Waals surface area contributed by atoms with Gasteiger partial charge >= 0.3 is 6.03 Å². The summed E-state index contributed by atoms with van der Waals surface area (Å²) in [6, 6.07) is 15.0. The summed E-state index contributed by atoms with van der Waals surface area (Å²) in [6.07, 6.45) is 0. The highest BCUT2D eigenvalue weighted by Gasteiger charge is 2.08. The summed E-state index contributed by atoms with van der Waals surface area (Å²) in [7, 11) is 0. The van der Waals surface area contributed by atoms with E-state index in [0.717, 1.165) is 20.8 Å². The lowest BCUT2D eigenvalue weighted by Gasteiger charge is -2.12. The van der Waals surface area contributed by atoms with E-state index in [9.17, 15) is 4.79 Å². The standard InChI is InChI=1S/C17H17N3O2S/c1-11(10-21)18-17(22)19-13-8-6-12(7-9-13)16-20-14-4-2-3-5-15(14)23-16/h2-9,11,21H,10H2,1H3,(H2,18,19,22)/t11-/m1/s1. The van der Waals surface area contributed by atoms with Gasteiger partial charge in [-0.3, -0.25) is 0 Å². The molecule has 1 atom stereocenters. The van der Waals surface area contributed by atoms with Crippen LogP contribution in [-0.2, 0) is 0 Å². The highest BCUT2D eigenvalue weighted by Crippen LogP contribution is 2.30. The van der Waals surface area contributed by atoms with Gasteiger partial charge in [-0.2, -0.15) is 0 Å². The molecule has 2 amide bonds. The van der Waals surface area contributed by atoms with Crippen molar-refractivity contribution in [2.75, 3.05) is 11.9 Å². The molecule has 23 heavy (non-hydrogen) atoms. The lowest BCUT2D eigenvalue weighted by molar-refractivity contribution is 0.229. The number of para-hydroxylation sites is 1. The maximum Gasteiger partial charge on any atom is 0.319 e. The molecule has 0 unspecified atom stereocenters. The summed E-state index contributed by atoms with van der Waals surface area (Å²) in [5.41, 5.74) is 2.70. The minimum absolute atomic E-state index is 0.0933. The number of amides is 2. The van der Waals surface area contributed by atoms with Crippen molar-refractivity contribution in [3.05, 3.63) is 48.5 Å². The van der Waals surface area contributed by atoms with E-state index in [4.69, 9.17) is 5.11 Å². The Bertz CT molecular complexity index is 781. The number of rotatable bonds is 4. The van der Waals surface area contributed by atoms with Crippen LogP contribution in [0.15, 0.2) is 48.5 Å². The second-order valence-electron chi connectivity index (χ2n) is 5.25. The second kappa shape index (κ2) is 6.76. The minimum Gasteiger partial charge on any atom is -0.394 e. The third-order valence-corrected chi connectivity index (χ3v) is 4.42. The lowest BCUT2D eigenvalue weighted by atomic mass is 10.2. The first-order valence-electron chi connectivity index (χ1n) is 7.30. The lowest BCUT2D eigenvalue weighted by Crippen LogP contribution is -2.38. The zero-order valence-electron chi connectivity index (χ0n) is 12.6. The molecule has 5 nitrogen and oxygen atoms in total. The molecular formula is C17H17N3O2S. The first-order chi connectivity index (χ1) is 11.2. The fourth-order valence-electron chi connectivity index (χ4n) is 2.13. The Kier molecular flexibility index (Phi) is 4.55. The van der Waals surface area contributed by atoms with Crippen LogP contribution in [0.3, 0.4) is 0 Å². The number of carbonyl (C=O) groups excluding carboxylic acids is 1. The Hall–Kier alpha value is -2.44. The van der Waals surface area contributed by atoms with Crippen molar-refractivity contribution >= 4 is 33.3 Å². The Morgan fingerprint density at radius 3 is 2.65 bits per heavy atom. The highest BCUT2D eigenvalue weighted by molar-refractivity contribution is 7.21. The van der Waals surface area contributed by atoms with Gasteiger partial charge in [0.05, 0.1) is 22.9 Å². The second-order valence-corrected chi connectivity index (χ2v) is 6.28. The Labute approximate surface area is 138 Å². The summed E-state index contributed by atoms with van der Waals surface area (Å²) in [5.74, 6) is 0. The zero-order valence-corrected chi connectivity index (χ0v) is 13.4. The van der Waals surface area contributed by atoms with E-state index in [1.807, 2.05) is 42.5 Å². The first-order valence-corrected chi connectivity index (χ1v) is 8.12. The Balaban J connectivity index is 1.73. The Morgan fingerprint density at radius 2 is 1.96 bits per heavy atom. The SMILES string of the molecule is C[C@H](CO)NC(=O)Nc1ccc(-c2nc3ccccc3s2)cc1. The van der Waals surface area contributed by atoms with Gasteiger partial charge in [-0.15, -0.1) is 11.3 Å². The molecule has 0 aliphatic heterocycles. The highest BCUT2D eigenvalue weighted by atomic mass is 32.1. The number of nitrogens with zero attached hydrogens (tertiary/aromatic N) is 1. The van der Waals surface area contributed by atoms with E-state index in [-0.39, 0.29) is 18.7 Å². The van der Waals surface area contributed by atoms with Crippen LogP contribution in [0, 0.1) is 0 Å². The largest absolute Gasteiger partial charge is 0.394 e. The number of aliphatic hydroxyl groups excluding tert-OH is 1. The van der Waals surface area contributed by atoms with Gasteiger partial charge in [0.15, 0.2) is 0 Å². The summed E-state index contributed by atoms with van der Waals surface area (Å²) in [6.45, 7) is 1.64. The van der Waals surface area contributed by atoms with E-state index in [1.165, 1.54) is 0 Å². The molecule has 0 radical (unpaired) electrons. The van der Waals surface area contributed by atoms with Crippen LogP contribution in [0.1, 0.15) is 6.92 Å². The first kappa shape index (κ1) is 15.5. The summed E-state index contributed by atoms with van der Waals surface area (Å²) in [4.78, 5) is 16.3. The van der Waals surface area contributed by atoms with Crippen LogP contribution < -0.4 is 10.6 Å². The van der Waals surface area contributed by atoms with Crippen LogP contribution in [0.4, 0.5) is 10.5 Å². The number of hydrogen-bond donors (Lipinski definition) is 3. The fourth-order valence-corrected chi connectivity index (χ4v) is 3.10. The summed E-state index contributed by atoms with van der Waals surface area (Å²) >= 11 is 1.64. The maximum absolute atomic E-state index is 11.7. The molecule has 0 spiro atoms. The van der Waals surface area contributed by atoms with Crippen LogP contribution >= 0.6 is 11.3 Å². The number of nitrogens with one attached hydrogen (secondary N) is 2. The summed E-state index contributed by atoms with van der Waals surface area (Å²) < 4.78 is 1.15. The van der Waals surface area contributed by atoms with Gasteiger partial charge in [0.2, 0.25) is 0 Å². The van der Waals surface area contributed by atoms with Gasteiger partial charge in [-0.25, -0.2) is 9.78 Å². The quantitative estimate of drug-likeness (QED) is 0.687. The van der Waals surface area contributed by atoms with Gasteiger partial charge in [-0.05, 0) is 43.3 Å². The van der Waals surface area contributed by atoms with Crippen LogP contribution in [0.25, 0.3) is 20.8 Å². The third-order valence-electron chi connectivity index (χ3n) is 3.33. The number of hydrogen-bond acceptors (Lipinski definition) is 4. The molecule has 0 aliphatic rings. The van der Waals surface area contributed by atoms with Gasteiger partial charge in [0, 0.05) is 11.3 Å². The average Bonchev–Trinajstić information content (AvgIpc) is 2.99. The van der Waals surface area contributed by atoms with Crippen molar-refractivity contribution in [1.82, 2.24) is 10.3 Å². The van der Waals surface area contributed by atoms with E-state index < -0.39 is 0 Å². The van der Waals surface area contributed by atoms with Crippen molar-refractivity contribution in [2.45, 2.75) is 13.0 Å². The number of urea groups is 1. The average molecular weight is 327 g/mol. The van der Waals surface area contributed by atoms with Crippen LogP contribution in [-0.4, -0.2) is 28.8 Å². The van der Waals surface area contributed by atoms with Gasteiger partial charge in [0.25, 0.3) is 0 Å². The number of fused-ring (bicyclic) bond motifs is 1. The van der Waals surface area contributed by atoms with E-state index >= 15 is 0 Å². The monoisotopic (exact) mass is 327 g/mol. The molecular weight excluding hydrogens is 310 g/mol. The van der Waals surface area contributed by atoms with Crippen molar-refractivity contribution in [3.63, 3.8) is 0 Å². The van der Waals surface area contributed by atoms with Crippen molar-refractivity contribution in [2.24, 2.45) is 0 Å². The van der Waals surface area contributed by atoms with E-state index in [0.29, 0.717) is 5.69 Å². The van der Waals surface area contributed by atoms with Gasteiger partial charge < -0.3 is 15.7 Å². The predicted molar refractivity (Wildman–Crippen MR) is 93.8 cm³/mol. The normalized spacial score (nSPS) is 12.1. The molecule has 1 aromatic heterocycles. The Morgan fingerprint density at radius 1 is 1.22 bits per heavy atom. The summed E-state index contributed by atoms with van der Waals surface area (Å²) in [5, 5.41) is 15.2. The third kappa shape index (κ3) is 3.67. The molecule has 0 saturated carbocycles. The van der Waals surface area contributed by atoms with Crippen LogP contribution in [0.2, 0.25) is 0 Å². The molecule has 2 aromatic carbocycles. The number of thiazole rings is 1. The topological polar surface area (TPSA) is 74.2 Å². The molecule has 0 saturated heterocycles. The number of benzene rings is 2. The molecule has 6 heteroatoms. The molecule has 118 valence electrons.